The highest BCUT2D eigenvalue weighted by atomic mass is 16.6. The van der Waals surface area contributed by atoms with E-state index in [2.05, 4.69) is 16.7 Å². The van der Waals surface area contributed by atoms with E-state index in [-0.39, 0.29) is 12.0 Å². The second-order valence-electron chi connectivity index (χ2n) is 6.79. The third-order valence-corrected chi connectivity index (χ3v) is 3.47. The molecule has 1 aromatic rings. The maximum atomic E-state index is 11.6. The van der Waals surface area contributed by atoms with Gasteiger partial charge in [0.25, 0.3) is 0 Å². The van der Waals surface area contributed by atoms with E-state index in [1.54, 1.807) is 0 Å². The second-order valence-corrected chi connectivity index (χ2v) is 6.79. The Balaban J connectivity index is 1.82. The van der Waals surface area contributed by atoms with Gasteiger partial charge in [-0.3, -0.25) is 4.79 Å². The van der Waals surface area contributed by atoms with E-state index in [1.807, 2.05) is 39.0 Å². The predicted octanol–water partition coefficient (Wildman–Crippen LogP) is 3.27. The Hall–Kier alpha value is -2.04. The van der Waals surface area contributed by atoms with Crippen LogP contribution >= 0.6 is 0 Å². The second kappa shape index (κ2) is 6.38. The predicted molar refractivity (Wildman–Crippen MR) is 85.8 cm³/mol. The Bertz CT molecular complexity index is 563. The summed E-state index contributed by atoms with van der Waals surface area (Å²) in [4.78, 5) is 22.7. The van der Waals surface area contributed by atoms with Gasteiger partial charge in [-0.2, -0.15) is 0 Å². The summed E-state index contributed by atoms with van der Waals surface area (Å²) >= 11 is 0. The number of alkyl carbamates (subject to hydrolysis) is 1. The van der Waals surface area contributed by atoms with Crippen LogP contribution in [-0.4, -0.2) is 24.1 Å². The molecule has 2 N–H and O–H groups in total. The van der Waals surface area contributed by atoms with E-state index in [0.717, 1.165) is 12.1 Å². The lowest BCUT2D eigenvalue weighted by Gasteiger charge is -2.19. The molecule has 22 heavy (non-hydrogen) atoms. The fourth-order valence-electron chi connectivity index (χ4n) is 2.46. The average molecular weight is 304 g/mol. The number of nitrogens with one attached hydrogen (secondary N) is 2. The van der Waals surface area contributed by atoms with Gasteiger partial charge in [0.2, 0.25) is 5.91 Å². The topological polar surface area (TPSA) is 67.4 Å². The van der Waals surface area contributed by atoms with Crippen LogP contribution < -0.4 is 10.6 Å². The number of amides is 2. The highest BCUT2D eigenvalue weighted by molar-refractivity contribution is 5.88. The third kappa shape index (κ3) is 5.06. The molecule has 0 aliphatic heterocycles. The molecule has 0 radical (unpaired) electrons. The molecule has 1 fully saturated rings. The summed E-state index contributed by atoms with van der Waals surface area (Å²) in [6.45, 7) is 7.65. The van der Waals surface area contributed by atoms with E-state index in [9.17, 15) is 9.59 Å². The first-order valence-corrected chi connectivity index (χ1v) is 7.59. The maximum absolute atomic E-state index is 11.6. The van der Waals surface area contributed by atoms with Crippen molar-refractivity contribution in [2.45, 2.75) is 45.6 Å². The summed E-state index contributed by atoms with van der Waals surface area (Å²) in [6.07, 6.45) is 0.671. The van der Waals surface area contributed by atoms with Crippen LogP contribution in [0.2, 0.25) is 0 Å². The van der Waals surface area contributed by atoms with E-state index in [4.69, 9.17) is 4.74 Å². The first kappa shape index (κ1) is 16.3. The minimum atomic E-state index is -0.472. The van der Waals surface area contributed by atoms with Crippen LogP contribution in [0.3, 0.4) is 0 Å². The van der Waals surface area contributed by atoms with Gasteiger partial charge >= 0.3 is 6.09 Å². The zero-order valence-electron chi connectivity index (χ0n) is 13.6. The van der Waals surface area contributed by atoms with Crippen LogP contribution in [0.4, 0.5) is 10.5 Å². The number of carbonyl (C=O) groups excluding carboxylic acids is 2. The van der Waals surface area contributed by atoms with Crippen LogP contribution in [-0.2, 0) is 9.53 Å². The lowest BCUT2D eigenvalue weighted by atomic mass is 10.1. The smallest absolute Gasteiger partial charge is 0.407 e. The zero-order valence-corrected chi connectivity index (χ0v) is 13.6. The highest BCUT2D eigenvalue weighted by Crippen LogP contribution is 2.47. The molecule has 0 saturated heterocycles. The molecule has 0 heterocycles. The number of rotatable bonds is 4. The summed E-state index contributed by atoms with van der Waals surface area (Å²) in [5.41, 5.74) is 1.54. The summed E-state index contributed by atoms with van der Waals surface area (Å²) in [7, 11) is 0. The first-order chi connectivity index (χ1) is 10.2. The Morgan fingerprint density at radius 3 is 2.68 bits per heavy atom. The number of carbonyl (C=O) groups is 2. The number of hydrogen-bond donors (Lipinski definition) is 2. The fourth-order valence-corrected chi connectivity index (χ4v) is 2.46. The van der Waals surface area contributed by atoms with Gasteiger partial charge < -0.3 is 15.4 Å². The van der Waals surface area contributed by atoms with Crippen molar-refractivity contribution < 1.29 is 14.3 Å². The molecule has 120 valence electrons. The molecule has 2 atom stereocenters. The molecule has 2 rings (SSSR count). The Labute approximate surface area is 131 Å². The summed E-state index contributed by atoms with van der Waals surface area (Å²) < 4.78 is 5.22. The lowest BCUT2D eigenvalue weighted by Crippen LogP contribution is -2.33. The third-order valence-electron chi connectivity index (χ3n) is 3.47. The number of ether oxygens (including phenoxy) is 1. The largest absolute Gasteiger partial charge is 0.444 e. The van der Waals surface area contributed by atoms with Crippen LogP contribution in [0.15, 0.2) is 24.3 Å². The van der Waals surface area contributed by atoms with Gasteiger partial charge in [-0.05, 0) is 56.7 Å². The average Bonchev–Trinajstić information content (AvgIpc) is 3.13. The molecule has 5 heteroatoms. The van der Waals surface area contributed by atoms with E-state index in [1.165, 1.54) is 12.5 Å². The van der Waals surface area contributed by atoms with Crippen molar-refractivity contribution in [2.75, 3.05) is 11.9 Å². The quantitative estimate of drug-likeness (QED) is 0.897. The van der Waals surface area contributed by atoms with Crippen molar-refractivity contribution in [3.8, 4) is 0 Å². The van der Waals surface area contributed by atoms with Gasteiger partial charge in [-0.15, -0.1) is 0 Å². The van der Waals surface area contributed by atoms with Gasteiger partial charge in [0, 0.05) is 19.2 Å². The van der Waals surface area contributed by atoms with Crippen molar-refractivity contribution in [3.63, 3.8) is 0 Å². The molecule has 2 unspecified atom stereocenters. The molecule has 1 aliphatic rings. The Morgan fingerprint density at radius 1 is 1.32 bits per heavy atom. The number of benzene rings is 1. The van der Waals surface area contributed by atoms with Gasteiger partial charge in [0.15, 0.2) is 0 Å². The molecule has 1 saturated carbocycles. The minimum absolute atomic E-state index is 0.0731. The van der Waals surface area contributed by atoms with Gasteiger partial charge in [0.05, 0.1) is 0 Å². The standard InChI is InChI=1S/C17H24N2O3/c1-11(20)19-14-7-5-6-12(8-14)15-9-13(15)10-18-16(21)22-17(2,3)4/h5-8,13,15H,9-10H2,1-4H3,(H,18,21)(H,19,20). The molecule has 2 amide bonds. The normalized spacial score (nSPS) is 20.2. The van der Waals surface area contributed by atoms with Gasteiger partial charge in [-0.1, -0.05) is 12.1 Å². The summed E-state index contributed by atoms with van der Waals surface area (Å²) in [5, 5.41) is 5.61. The monoisotopic (exact) mass is 304 g/mol. The molecule has 5 nitrogen and oxygen atoms in total. The molecule has 1 aromatic carbocycles. The molecular weight excluding hydrogens is 280 g/mol. The van der Waals surface area contributed by atoms with Crippen LogP contribution in [0, 0.1) is 5.92 Å². The fraction of sp³-hybridized carbons (Fsp3) is 0.529. The molecule has 1 aliphatic carbocycles. The zero-order chi connectivity index (χ0) is 16.3. The van der Waals surface area contributed by atoms with Gasteiger partial charge in [0.1, 0.15) is 5.60 Å². The maximum Gasteiger partial charge on any atom is 0.407 e. The molecular formula is C17H24N2O3. The van der Waals surface area contributed by atoms with Crippen molar-refractivity contribution in [3.05, 3.63) is 29.8 Å². The van der Waals surface area contributed by atoms with E-state index >= 15 is 0 Å². The Morgan fingerprint density at radius 2 is 2.05 bits per heavy atom. The molecule has 0 bridgehead atoms. The van der Waals surface area contributed by atoms with Crippen LogP contribution in [0.25, 0.3) is 0 Å². The summed E-state index contributed by atoms with van der Waals surface area (Å²) in [6, 6.07) is 7.88. The first-order valence-electron chi connectivity index (χ1n) is 7.59. The van der Waals surface area contributed by atoms with Crippen LogP contribution in [0.5, 0.6) is 0 Å². The summed E-state index contributed by atoms with van der Waals surface area (Å²) in [5.74, 6) is 0.792. The lowest BCUT2D eigenvalue weighted by molar-refractivity contribution is -0.114. The minimum Gasteiger partial charge on any atom is -0.444 e. The number of hydrogen-bond acceptors (Lipinski definition) is 3. The number of anilines is 1. The van der Waals surface area contributed by atoms with E-state index < -0.39 is 5.60 Å². The SMILES string of the molecule is CC(=O)Nc1cccc(C2CC2CNC(=O)OC(C)(C)C)c1. The van der Waals surface area contributed by atoms with E-state index in [0.29, 0.717) is 18.4 Å². The van der Waals surface area contributed by atoms with Crippen molar-refractivity contribution in [1.82, 2.24) is 5.32 Å². The highest BCUT2D eigenvalue weighted by Gasteiger charge is 2.38. The molecule has 0 spiro atoms. The molecule has 0 aromatic heterocycles. The van der Waals surface area contributed by atoms with Crippen molar-refractivity contribution >= 4 is 17.7 Å². The van der Waals surface area contributed by atoms with Gasteiger partial charge in [-0.25, -0.2) is 4.79 Å². The Kier molecular flexibility index (Phi) is 4.74. The van der Waals surface area contributed by atoms with Crippen LogP contribution in [0.1, 0.15) is 45.6 Å². The van der Waals surface area contributed by atoms with Crippen molar-refractivity contribution in [1.29, 1.82) is 0 Å². The van der Waals surface area contributed by atoms with Crippen molar-refractivity contribution in [2.24, 2.45) is 5.92 Å².